The van der Waals surface area contributed by atoms with Crippen LogP contribution in [0.3, 0.4) is 0 Å². The molecule has 0 fully saturated rings. The summed E-state index contributed by atoms with van der Waals surface area (Å²) < 4.78 is 37.6. The van der Waals surface area contributed by atoms with E-state index >= 15 is 0 Å². The molecule has 0 radical (unpaired) electrons. The summed E-state index contributed by atoms with van der Waals surface area (Å²) in [5.74, 6) is 5.08. The van der Waals surface area contributed by atoms with Gasteiger partial charge in [-0.1, -0.05) is 0 Å². The molecule has 0 aromatic heterocycles. The minimum atomic E-state index is -3.90. The van der Waals surface area contributed by atoms with Gasteiger partial charge in [0.25, 0.3) is 5.69 Å². The maximum atomic E-state index is 11.9. The summed E-state index contributed by atoms with van der Waals surface area (Å²) in [5, 5.41) is 10.8. The third kappa shape index (κ3) is 3.84. The summed E-state index contributed by atoms with van der Waals surface area (Å²) >= 11 is 0. The number of nitrogens with one attached hydrogen (secondary N) is 2. The molecule has 0 saturated carbocycles. The Hall–Kier alpha value is -1.78. The van der Waals surface area contributed by atoms with Crippen molar-refractivity contribution in [1.29, 1.82) is 0 Å². The number of alkyl halides is 1. The number of rotatable bonds is 7. The SMILES string of the molecule is NNc1ccc(S(=O)(=O)NCCCF)cc1[N+](=O)[O-]. The van der Waals surface area contributed by atoms with Gasteiger partial charge >= 0.3 is 0 Å². The van der Waals surface area contributed by atoms with Gasteiger partial charge in [0.2, 0.25) is 10.0 Å². The van der Waals surface area contributed by atoms with Crippen LogP contribution >= 0.6 is 0 Å². The number of sulfonamides is 1. The van der Waals surface area contributed by atoms with Gasteiger partial charge in [0.05, 0.1) is 16.5 Å². The van der Waals surface area contributed by atoms with Crippen LogP contribution in [0.25, 0.3) is 0 Å². The van der Waals surface area contributed by atoms with Crippen LogP contribution in [0, 0.1) is 10.1 Å². The predicted molar refractivity (Wildman–Crippen MR) is 66.7 cm³/mol. The van der Waals surface area contributed by atoms with E-state index in [0.717, 1.165) is 6.07 Å². The van der Waals surface area contributed by atoms with Crippen molar-refractivity contribution in [2.75, 3.05) is 18.6 Å². The molecule has 1 rings (SSSR count). The van der Waals surface area contributed by atoms with Gasteiger partial charge in [-0.3, -0.25) is 20.3 Å². The van der Waals surface area contributed by atoms with Gasteiger partial charge in [0.15, 0.2) is 0 Å². The van der Waals surface area contributed by atoms with Crippen molar-refractivity contribution >= 4 is 21.4 Å². The van der Waals surface area contributed by atoms with E-state index in [0.29, 0.717) is 0 Å². The van der Waals surface area contributed by atoms with E-state index in [4.69, 9.17) is 5.84 Å². The van der Waals surface area contributed by atoms with Gasteiger partial charge in [-0.25, -0.2) is 13.1 Å². The fourth-order valence-electron chi connectivity index (χ4n) is 1.31. The van der Waals surface area contributed by atoms with Crippen LogP contribution in [0.4, 0.5) is 15.8 Å². The van der Waals surface area contributed by atoms with Crippen LogP contribution in [0.2, 0.25) is 0 Å². The molecule has 0 amide bonds. The molecule has 0 saturated heterocycles. The highest BCUT2D eigenvalue weighted by Crippen LogP contribution is 2.26. The highest BCUT2D eigenvalue weighted by atomic mass is 32.2. The minimum absolute atomic E-state index is 0.00675. The Bertz CT molecular complexity index is 563. The summed E-state index contributed by atoms with van der Waals surface area (Å²) in [6, 6.07) is 3.23. The second kappa shape index (κ2) is 6.41. The lowest BCUT2D eigenvalue weighted by Crippen LogP contribution is -2.25. The number of nitrogens with zero attached hydrogens (tertiary/aromatic N) is 1. The molecule has 0 bridgehead atoms. The maximum Gasteiger partial charge on any atom is 0.294 e. The number of benzene rings is 1. The van der Waals surface area contributed by atoms with Crippen molar-refractivity contribution in [2.24, 2.45) is 5.84 Å². The zero-order chi connectivity index (χ0) is 14.5. The monoisotopic (exact) mass is 292 g/mol. The molecule has 0 heterocycles. The highest BCUT2D eigenvalue weighted by Gasteiger charge is 2.20. The Labute approximate surface area is 109 Å². The summed E-state index contributed by atoms with van der Waals surface area (Å²) in [6.45, 7) is -0.734. The van der Waals surface area contributed by atoms with Crippen LogP contribution in [-0.2, 0) is 10.0 Å². The van der Waals surface area contributed by atoms with Crippen LogP contribution in [0.15, 0.2) is 23.1 Å². The van der Waals surface area contributed by atoms with E-state index in [1.165, 1.54) is 12.1 Å². The van der Waals surface area contributed by atoms with E-state index in [-0.39, 0.29) is 23.5 Å². The highest BCUT2D eigenvalue weighted by molar-refractivity contribution is 7.89. The Morgan fingerprint density at radius 3 is 2.63 bits per heavy atom. The summed E-state index contributed by atoms with van der Waals surface area (Å²) in [5.41, 5.74) is 1.63. The van der Waals surface area contributed by atoms with Gasteiger partial charge in [-0.15, -0.1) is 0 Å². The Morgan fingerprint density at radius 1 is 1.42 bits per heavy atom. The van der Waals surface area contributed by atoms with Crippen LogP contribution in [-0.4, -0.2) is 26.6 Å². The molecule has 0 aliphatic carbocycles. The Kier molecular flexibility index (Phi) is 5.15. The molecule has 1 aromatic rings. The molecule has 0 aliphatic rings. The van der Waals surface area contributed by atoms with Crippen molar-refractivity contribution in [1.82, 2.24) is 4.72 Å². The zero-order valence-electron chi connectivity index (χ0n) is 9.80. The average Bonchev–Trinajstić information content (AvgIpc) is 2.38. The lowest BCUT2D eigenvalue weighted by atomic mass is 10.3. The van der Waals surface area contributed by atoms with E-state index < -0.39 is 27.3 Å². The number of nitro benzene ring substituents is 1. The van der Waals surface area contributed by atoms with Crippen LogP contribution < -0.4 is 16.0 Å². The summed E-state index contributed by atoms with van der Waals surface area (Å²) in [7, 11) is -3.90. The number of hydrazine groups is 1. The predicted octanol–water partition coefficient (Wildman–Crippen LogP) is 0.518. The first-order valence-electron chi connectivity index (χ1n) is 5.23. The smallest absolute Gasteiger partial charge is 0.294 e. The number of hydrogen-bond donors (Lipinski definition) is 3. The minimum Gasteiger partial charge on any atom is -0.318 e. The second-order valence-electron chi connectivity index (χ2n) is 3.52. The number of halogens is 1. The molecule has 0 spiro atoms. The Balaban J connectivity index is 3.07. The van der Waals surface area contributed by atoms with Crippen molar-refractivity contribution < 1.29 is 17.7 Å². The molecule has 0 unspecified atom stereocenters. The van der Waals surface area contributed by atoms with Crippen molar-refractivity contribution in [3.05, 3.63) is 28.3 Å². The lowest BCUT2D eigenvalue weighted by Gasteiger charge is -2.07. The number of anilines is 1. The fraction of sp³-hybridized carbons (Fsp3) is 0.333. The molecular formula is C9H13FN4O4S. The van der Waals surface area contributed by atoms with Crippen LogP contribution in [0.1, 0.15) is 6.42 Å². The molecule has 19 heavy (non-hydrogen) atoms. The van der Waals surface area contributed by atoms with Crippen molar-refractivity contribution in [3.8, 4) is 0 Å². The lowest BCUT2D eigenvalue weighted by molar-refractivity contribution is -0.384. The first-order chi connectivity index (χ1) is 8.92. The van der Waals surface area contributed by atoms with Gasteiger partial charge < -0.3 is 5.43 Å². The van der Waals surface area contributed by atoms with Gasteiger partial charge in [-0.05, 0) is 18.6 Å². The average molecular weight is 292 g/mol. The largest absolute Gasteiger partial charge is 0.318 e. The summed E-state index contributed by atoms with van der Waals surface area (Å²) in [4.78, 5) is 9.73. The standard InChI is InChI=1S/C9H13FN4O4S/c10-4-1-5-12-19(17,18)7-2-3-8(13-11)9(6-7)14(15)16/h2-3,6,12-13H,1,4-5,11H2. The molecule has 0 aliphatic heterocycles. The number of nitro groups is 1. The van der Waals surface area contributed by atoms with Gasteiger partial charge in [0.1, 0.15) is 5.69 Å². The topological polar surface area (TPSA) is 127 Å². The third-order valence-electron chi connectivity index (χ3n) is 2.23. The normalized spacial score (nSPS) is 11.3. The van der Waals surface area contributed by atoms with Crippen molar-refractivity contribution in [3.63, 3.8) is 0 Å². The molecule has 0 atom stereocenters. The zero-order valence-corrected chi connectivity index (χ0v) is 10.6. The number of hydrogen-bond acceptors (Lipinski definition) is 6. The van der Waals surface area contributed by atoms with E-state index in [2.05, 4.69) is 10.1 Å². The quantitative estimate of drug-likeness (QED) is 0.291. The first kappa shape index (κ1) is 15.3. The van der Waals surface area contributed by atoms with Gasteiger partial charge in [0, 0.05) is 12.6 Å². The first-order valence-corrected chi connectivity index (χ1v) is 6.71. The van der Waals surface area contributed by atoms with E-state index in [9.17, 15) is 22.9 Å². The number of nitrogens with two attached hydrogens (primary N) is 1. The molecule has 1 aromatic carbocycles. The second-order valence-corrected chi connectivity index (χ2v) is 5.29. The molecule has 10 heteroatoms. The summed E-state index contributed by atoms with van der Waals surface area (Å²) in [6.07, 6.45) is 0.0315. The fourth-order valence-corrected chi connectivity index (χ4v) is 2.40. The number of nitrogen functional groups attached to an aromatic ring is 1. The van der Waals surface area contributed by atoms with Gasteiger partial charge in [-0.2, -0.15) is 0 Å². The maximum absolute atomic E-state index is 11.9. The van der Waals surface area contributed by atoms with Crippen LogP contribution in [0.5, 0.6) is 0 Å². The van der Waals surface area contributed by atoms with Crippen molar-refractivity contribution in [2.45, 2.75) is 11.3 Å². The molecule has 8 nitrogen and oxygen atoms in total. The van der Waals surface area contributed by atoms with E-state index in [1.54, 1.807) is 0 Å². The molecular weight excluding hydrogens is 279 g/mol. The molecule has 4 N–H and O–H groups in total. The third-order valence-corrected chi connectivity index (χ3v) is 3.69. The Morgan fingerprint density at radius 2 is 2.11 bits per heavy atom. The molecule has 106 valence electrons. The van der Waals surface area contributed by atoms with E-state index in [1.807, 2.05) is 0 Å².